The molecule has 1 aliphatic rings. The van der Waals surface area contributed by atoms with Gasteiger partial charge in [0, 0.05) is 56.0 Å². The molecule has 5 rings (SSSR count). The average Bonchev–Trinajstić information content (AvgIpc) is 3.08. The van der Waals surface area contributed by atoms with Crippen molar-refractivity contribution in [1.82, 2.24) is 24.7 Å². The summed E-state index contributed by atoms with van der Waals surface area (Å²) >= 11 is 2.35. The van der Waals surface area contributed by atoms with Crippen LogP contribution in [0.3, 0.4) is 0 Å². The fourth-order valence-electron chi connectivity index (χ4n) is 5.72. The number of pyridine rings is 2. The summed E-state index contributed by atoms with van der Waals surface area (Å²) in [4.78, 5) is 43.2. The predicted octanol–water partition coefficient (Wildman–Crippen LogP) is 6.59. The van der Waals surface area contributed by atoms with Crippen LogP contribution in [-0.4, -0.2) is 75.8 Å². The largest absolute Gasteiger partial charge is 0.341 e. The van der Waals surface area contributed by atoms with Gasteiger partial charge < -0.3 is 14.7 Å². The molecule has 0 radical (unpaired) electrons. The van der Waals surface area contributed by atoms with E-state index in [-0.39, 0.29) is 15.7 Å². The number of amides is 2. The van der Waals surface area contributed by atoms with Crippen LogP contribution in [0, 0.1) is 6.92 Å². The van der Waals surface area contributed by atoms with Crippen LogP contribution in [0.25, 0.3) is 17.2 Å². The molecule has 45 heavy (non-hydrogen) atoms. The Kier molecular flexibility index (Phi) is 11.1. The first kappa shape index (κ1) is 32.5. The molecule has 2 unspecified atom stereocenters. The fourth-order valence-corrected chi connectivity index (χ4v) is 6.83. The molecule has 1 aliphatic heterocycles. The zero-order valence-electron chi connectivity index (χ0n) is 26.1. The maximum atomic E-state index is 14.6. The Morgan fingerprint density at radius 3 is 2.22 bits per heavy atom. The highest BCUT2D eigenvalue weighted by Gasteiger charge is 2.39. The van der Waals surface area contributed by atoms with Gasteiger partial charge in [-0.1, -0.05) is 83.3 Å². The number of halogens is 1. The first-order valence-electron chi connectivity index (χ1n) is 15.3. The molecule has 0 bridgehead atoms. The molecule has 7 nitrogen and oxygen atoms in total. The minimum absolute atomic E-state index is 0.0115. The number of alkyl halides is 1. The number of likely N-dealkylation sites (tertiary alicyclic amines) is 1. The second-order valence-corrected chi connectivity index (χ2v) is 13.1. The van der Waals surface area contributed by atoms with Gasteiger partial charge in [-0.15, -0.1) is 0 Å². The van der Waals surface area contributed by atoms with Crippen molar-refractivity contribution in [3.63, 3.8) is 0 Å². The second-order valence-electron chi connectivity index (χ2n) is 11.7. The molecule has 8 heteroatoms. The molecule has 232 valence electrons. The van der Waals surface area contributed by atoms with Crippen molar-refractivity contribution in [2.45, 2.75) is 42.3 Å². The summed E-state index contributed by atoms with van der Waals surface area (Å²) in [6.07, 6.45) is 10.5. The summed E-state index contributed by atoms with van der Waals surface area (Å²) in [6.45, 7) is 3.57. The van der Waals surface area contributed by atoms with Gasteiger partial charge in [0.05, 0.1) is 3.92 Å². The number of hydrogen-bond donors (Lipinski definition) is 0. The van der Waals surface area contributed by atoms with Gasteiger partial charge in [-0.3, -0.25) is 19.6 Å². The number of aromatic nitrogens is 2. The van der Waals surface area contributed by atoms with Gasteiger partial charge in [0.15, 0.2) is 0 Å². The number of aryl methyl sites for hydroxylation is 1. The van der Waals surface area contributed by atoms with Gasteiger partial charge >= 0.3 is 0 Å². The average molecular weight is 714 g/mol. The molecule has 0 saturated carbocycles. The molecule has 2 atom stereocenters. The van der Waals surface area contributed by atoms with Crippen LogP contribution >= 0.6 is 22.6 Å². The lowest BCUT2D eigenvalue weighted by Gasteiger charge is -2.40. The predicted molar refractivity (Wildman–Crippen MR) is 189 cm³/mol. The van der Waals surface area contributed by atoms with E-state index in [0.717, 1.165) is 46.4 Å². The number of benzene rings is 2. The Hall–Kier alpha value is -3.89. The van der Waals surface area contributed by atoms with Crippen molar-refractivity contribution in [2.75, 3.05) is 27.2 Å². The highest BCUT2D eigenvalue weighted by molar-refractivity contribution is 14.1. The van der Waals surface area contributed by atoms with Gasteiger partial charge in [-0.25, -0.2) is 0 Å². The number of nitrogens with zero attached hydrogens (tertiary/aromatic N) is 5. The molecule has 2 aromatic carbocycles. The number of carbonyl (C=O) groups excluding carboxylic acids is 2. The van der Waals surface area contributed by atoms with E-state index in [2.05, 4.69) is 63.7 Å². The lowest BCUT2D eigenvalue weighted by Crippen LogP contribution is -2.54. The highest BCUT2D eigenvalue weighted by Crippen LogP contribution is 2.34. The SMILES string of the molecule is Cc1ccc(C=CC(=O)N(Cc2ccc(-c3ccncc3)cc2)C(C(=O)N2CCC(N(C)C)CC2)C(I)c2ccccc2)cn1. The van der Waals surface area contributed by atoms with Crippen molar-refractivity contribution in [2.24, 2.45) is 0 Å². The van der Waals surface area contributed by atoms with Gasteiger partial charge in [0.25, 0.3) is 0 Å². The van der Waals surface area contributed by atoms with E-state index in [9.17, 15) is 9.59 Å². The second kappa shape index (κ2) is 15.4. The van der Waals surface area contributed by atoms with Crippen LogP contribution in [-0.2, 0) is 16.1 Å². The van der Waals surface area contributed by atoms with E-state index < -0.39 is 6.04 Å². The molecular formula is C37H40IN5O2. The Morgan fingerprint density at radius 2 is 1.60 bits per heavy atom. The van der Waals surface area contributed by atoms with Crippen LogP contribution < -0.4 is 0 Å². The number of piperidine rings is 1. The van der Waals surface area contributed by atoms with Gasteiger partial charge in [0.1, 0.15) is 6.04 Å². The molecule has 0 spiro atoms. The van der Waals surface area contributed by atoms with Crippen LogP contribution in [0.5, 0.6) is 0 Å². The Bertz CT molecular complexity index is 1570. The topological polar surface area (TPSA) is 69.6 Å². The number of hydrogen-bond acceptors (Lipinski definition) is 5. The minimum Gasteiger partial charge on any atom is -0.341 e. The van der Waals surface area contributed by atoms with E-state index in [1.165, 1.54) is 0 Å². The van der Waals surface area contributed by atoms with E-state index in [1.807, 2.05) is 78.6 Å². The molecule has 0 aliphatic carbocycles. The quantitative estimate of drug-likeness (QED) is 0.105. The molecule has 2 aromatic heterocycles. The summed E-state index contributed by atoms with van der Waals surface area (Å²) in [5, 5.41) is 0. The van der Waals surface area contributed by atoms with Crippen LogP contribution in [0.4, 0.5) is 0 Å². The van der Waals surface area contributed by atoms with Gasteiger partial charge in [-0.05, 0) is 86.0 Å². The van der Waals surface area contributed by atoms with Crippen molar-refractivity contribution >= 4 is 40.5 Å². The van der Waals surface area contributed by atoms with Crippen LogP contribution in [0.1, 0.15) is 39.2 Å². The van der Waals surface area contributed by atoms with Crippen LogP contribution in [0.15, 0.2) is 104 Å². The first-order chi connectivity index (χ1) is 21.8. The third-order valence-electron chi connectivity index (χ3n) is 8.45. The van der Waals surface area contributed by atoms with Gasteiger partial charge in [-0.2, -0.15) is 0 Å². The molecular weight excluding hydrogens is 673 g/mol. The molecule has 2 amide bonds. The molecule has 0 N–H and O–H groups in total. The van der Waals surface area contributed by atoms with E-state index in [1.54, 1.807) is 35.6 Å². The lowest BCUT2D eigenvalue weighted by molar-refractivity contribution is -0.145. The summed E-state index contributed by atoms with van der Waals surface area (Å²) in [5.74, 6) is -0.226. The van der Waals surface area contributed by atoms with E-state index >= 15 is 0 Å². The third-order valence-corrected chi connectivity index (χ3v) is 9.85. The van der Waals surface area contributed by atoms with Gasteiger partial charge in [0.2, 0.25) is 11.8 Å². The van der Waals surface area contributed by atoms with Crippen LogP contribution in [0.2, 0.25) is 0 Å². The normalized spacial score (nSPS) is 15.3. The van der Waals surface area contributed by atoms with E-state index in [0.29, 0.717) is 25.7 Å². The summed E-state index contributed by atoms with van der Waals surface area (Å²) in [5.41, 5.74) is 5.85. The van der Waals surface area contributed by atoms with Crippen molar-refractivity contribution in [1.29, 1.82) is 0 Å². The smallest absolute Gasteiger partial charge is 0.247 e. The first-order valence-corrected chi connectivity index (χ1v) is 16.6. The molecule has 1 fully saturated rings. The summed E-state index contributed by atoms with van der Waals surface area (Å²) < 4.78 is -0.252. The zero-order valence-corrected chi connectivity index (χ0v) is 28.2. The minimum atomic E-state index is -0.697. The maximum Gasteiger partial charge on any atom is 0.247 e. The molecule has 4 aromatic rings. The molecule has 1 saturated heterocycles. The lowest BCUT2D eigenvalue weighted by atomic mass is 9.98. The Labute approximate surface area is 280 Å². The Morgan fingerprint density at radius 1 is 0.933 bits per heavy atom. The van der Waals surface area contributed by atoms with Crippen molar-refractivity contribution in [3.8, 4) is 11.1 Å². The van der Waals surface area contributed by atoms with E-state index in [4.69, 9.17) is 0 Å². The maximum absolute atomic E-state index is 14.6. The molecule has 3 heterocycles. The highest BCUT2D eigenvalue weighted by atomic mass is 127. The third kappa shape index (κ3) is 8.43. The Balaban J connectivity index is 1.50. The number of carbonyl (C=O) groups is 2. The summed E-state index contributed by atoms with van der Waals surface area (Å²) in [6, 6.07) is 25.8. The van der Waals surface area contributed by atoms with Crippen molar-refractivity contribution in [3.05, 3.63) is 126 Å². The summed E-state index contributed by atoms with van der Waals surface area (Å²) in [7, 11) is 4.19. The monoisotopic (exact) mass is 713 g/mol. The number of rotatable bonds is 10. The van der Waals surface area contributed by atoms with Crippen molar-refractivity contribution < 1.29 is 9.59 Å². The fraction of sp³-hybridized carbons (Fsp3) is 0.297. The standard InChI is InChI=1S/C37H40IN5O2/c1-27-9-10-28(25-40-27)13-16-34(44)43(26-29-11-14-30(15-12-29)31-17-21-39-22-18-31)36(35(38)32-7-5-4-6-8-32)37(45)42-23-19-33(20-24-42)41(2)3/h4-18,21-22,25,33,35-36H,19-20,23-24,26H2,1-3H3. The zero-order chi connectivity index (χ0) is 31.8.